The summed E-state index contributed by atoms with van der Waals surface area (Å²) in [5.74, 6) is 0.864. The Morgan fingerprint density at radius 3 is 2.13 bits per heavy atom. The van der Waals surface area contributed by atoms with Gasteiger partial charge >= 0.3 is 0 Å². The van der Waals surface area contributed by atoms with Crippen LogP contribution in [0.2, 0.25) is 13.1 Å². The molecular formula is C25H31O4Si. The molecule has 0 aromatic heterocycles. The smallest absolute Gasteiger partial charge is 0.120 e. The van der Waals surface area contributed by atoms with E-state index < -0.39 is 8.80 Å². The van der Waals surface area contributed by atoms with E-state index in [0.29, 0.717) is 39.6 Å². The SMILES string of the molecule is COCCOCCOCCOc1ccc2cc(-c3ccccc3[Si](C)C)ccc2c1. The van der Waals surface area contributed by atoms with E-state index in [2.05, 4.69) is 67.7 Å². The molecule has 0 amide bonds. The van der Waals surface area contributed by atoms with Crippen LogP contribution in [0.15, 0.2) is 60.7 Å². The predicted molar refractivity (Wildman–Crippen MR) is 126 cm³/mol. The summed E-state index contributed by atoms with van der Waals surface area (Å²) < 4.78 is 21.7. The Labute approximate surface area is 181 Å². The number of fused-ring (bicyclic) bond motifs is 1. The van der Waals surface area contributed by atoms with Crippen LogP contribution in [0.3, 0.4) is 0 Å². The highest BCUT2D eigenvalue weighted by atomic mass is 28.3. The van der Waals surface area contributed by atoms with Gasteiger partial charge in [-0.25, -0.2) is 0 Å². The lowest BCUT2D eigenvalue weighted by atomic mass is 10.0. The average molecular weight is 424 g/mol. The molecule has 0 unspecified atom stereocenters. The lowest BCUT2D eigenvalue weighted by Gasteiger charge is -2.13. The largest absolute Gasteiger partial charge is 0.491 e. The van der Waals surface area contributed by atoms with Crippen molar-refractivity contribution < 1.29 is 18.9 Å². The second-order valence-corrected chi connectivity index (χ2v) is 9.87. The fourth-order valence-corrected chi connectivity index (χ4v) is 4.53. The lowest BCUT2D eigenvalue weighted by molar-refractivity contribution is 0.0180. The maximum absolute atomic E-state index is 5.84. The fraction of sp³-hybridized carbons (Fsp3) is 0.360. The minimum Gasteiger partial charge on any atom is -0.491 e. The zero-order valence-electron chi connectivity index (χ0n) is 18.1. The van der Waals surface area contributed by atoms with Crippen LogP contribution in [0.4, 0.5) is 0 Å². The summed E-state index contributed by atoms with van der Waals surface area (Å²) in [5, 5.41) is 3.88. The first-order chi connectivity index (χ1) is 14.7. The molecule has 0 bridgehead atoms. The summed E-state index contributed by atoms with van der Waals surface area (Å²) in [6, 6.07) is 21.7. The maximum atomic E-state index is 5.84. The van der Waals surface area contributed by atoms with Crippen LogP contribution in [0.1, 0.15) is 0 Å². The number of benzene rings is 3. The third-order valence-electron chi connectivity index (χ3n) is 4.89. The summed E-state index contributed by atoms with van der Waals surface area (Å²) in [6.07, 6.45) is 0. The molecule has 0 aliphatic carbocycles. The van der Waals surface area contributed by atoms with Gasteiger partial charge in [0.25, 0.3) is 0 Å². The molecule has 4 nitrogen and oxygen atoms in total. The summed E-state index contributed by atoms with van der Waals surface area (Å²) in [4.78, 5) is 0. The summed E-state index contributed by atoms with van der Waals surface area (Å²) in [7, 11) is 1.15. The van der Waals surface area contributed by atoms with Gasteiger partial charge in [-0.1, -0.05) is 60.7 Å². The second-order valence-electron chi connectivity index (χ2n) is 7.34. The first kappa shape index (κ1) is 22.5. The Bertz CT molecular complexity index is 926. The van der Waals surface area contributed by atoms with E-state index in [9.17, 15) is 0 Å². The first-order valence-electron chi connectivity index (χ1n) is 10.4. The zero-order valence-corrected chi connectivity index (χ0v) is 19.1. The van der Waals surface area contributed by atoms with Crippen LogP contribution in [0.25, 0.3) is 21.9 Å². The maximum Gasteiger partial charge on any atom is 0.120 e. The molecular weight excluding hydrogens is 392 g/mol. The lowest BCUT2D eigenvalue weighted by Crippen LogP contribution is -2.24. The van der Waals surface area contributed by atoms with E-state index >= 15 is 0 Å². The van der Waals surface area contributed by atoms with Gasteiger partial charge in [-0.05, 0) is 40.1 Å². The van der Waals surface area contributed by atoms with Crippen LogP contribution < -0.4 is 9.92 Å². The van der Waals surface area contributed by atoms with Crippen molar-refractivity contribution in [2.24, 2.45) is 0 Å². The minimum absolute atomic E-state index is 0.516. The minimum atomic E-state index is -0.516. The highest BCUT2D eigenvalue weighted by molar-refractivity contribution is 6.72. The van der Waals surface area contributed by atoms with E-state index in [0.717, 1.165) is 5.75 Å². The van der Waals surface area contributed by atoms with Gasteiger partial charge < -0.3 is 18.9 Å². The molecule has 0 heterocycles. The van der Waals surface area contributed by atoms with Crippen LogP contribution >= 0.6 is 0 Å². The van der Waals surface area contributed by atoms with Gasteiger partial charge in [0.2, 0.25) is 0 Å². The first-order valence-corrected chi connectivity index (χ1v) is 12.9. The van der Waals surface area contributed by atoms with E-state index in [1.165, 1.54) is 27.1 Å². The van der Waals surface area contributed by atoms with Gasteiger partial charge in [0.05, 0.1) is 41.8 Å². The van der Waals surface area contributed by atoms with Crippen molar-refractivity contribution in [3.05, 3.63) is 60.7 Å². The number of ether oxygens (including phenoxy) is 4. The predicted octanol–water partition coefficient (Wildman–Crippen LogP) is 4.53. The second kappa shape index (κ2) is 11.9. The Balaban J connectivity index is 1.55. The average Bonchev–Trinajstić information content (AvgIpc) is 2.77. The Hall–Kier alpha value is -2.18. The molecule has 3 aromatic carbocycles. The molecule has 30 heavy (non-hydrogen) atoms. The number of rotatable bonds is 12. The van der Waals surface area contributed by atoms with Crippen molar-refractivity contribution in [3.8, 4) is 16.9 Å². The summed E-state index contributed by atoms with van der Waals surface area (Å²) in [5.41, 5.74) is 2.63. The van der Waals surface area contributed by atoms with Gasteiger partial charge in [0.1, 0.15) is 12.4 Å². The molecule has 5 heteroatoms. The third-order valence-corrected chi connectivity index (χ3v) is 6.40. The Kier molecular flexibility index (Phi) is 8.90. The third kappa shape index (κ3) is 6.41. The monoisotopic (exact) mass is 423 g/mol. The Morgan fingerprint density at radius 2 is 1.37 bits per heavy atom. The molecule has 3 aromatic rings. The van der Waals surface area contributed by atoms with E-state index in [4.69, 9.17) is 18.9 Å². The molecule has 0 spiro atoms. The van der Waals surface area contributed by atoms with Crippen molar-refractivity contribution in [2.45, 2.75) is 13.1 Å². The molecule has 159 valence electrons. The van der Waals surface area contributed by atoms with Gasteiger partial charge in [0.15, 0.2) is 0 Å². The molecule has 0 saturated carbocycles. The molecule has 0 N–H and O–H groups in total. The number of hydrogen-bond donors (Lipinski definition) is 0. The van der Waals surface area contributed by atoms with Crippen molar-refractivity contribution >= 4 is 24.8 Å². The van der Waals surface area contributed by atoms with E-state index in [-0.39, 0.29) is 0 Å². The fourth-order valence-electron chi connectivity index (χ4n) is 3.33. The topological polar surface area (TPSA) is 36.9 Å². The number of hydrogen-bond acceptors (Lipinski definition) is 4. The van der Waals surface area contributed by atoms with Gasteiger partial charge in [0, 0.05) is 7.11 Å². The van der Waals surface area contributed by atoms with Gasteiger partial charge in [-0.3, -0.25) is 0 Å². The normalized spacial score (nSPS) is 11.3. The van der Waals surface area contributed by atoms with Crippen molar-refractivity contribution in [1.29, 1.82) is 0 Å². The van der Waals surface area contributed by atoms with Crippen molar-refractivity contribution in [1.82, 2.24) is 0 Å². The molecule has 0 fully saturated rings. The molecule has 0 aliphatic rings. The Morgan fingerprint density at radius 1 is 0.700 bits per heavy atom. The molecule has 0 saturated heterocycles. The van der Waals surface area contributed by atoms with Gasteiger partial charge in [-0.2, -0.15) is 0 Å². The van der Waals surface area contributed by atoms with E-state index in [1.54, 1.807) is 7.11 Å². The standard InChI is InChI=1S/C25H31O4Si/c1-26-12-13-27-14-15-28-16-17-29-23-11-10-20-18-22(9-8-21(20)19-23)24-6-4-5-7-25(24)30(2)3/h4-11,18-19H,12-17H2,1-3H3. The molecule has 0 aliphatic heterocycles. The van der Waals surface area contributed by atoms with Gasteiger partial charge in [-0.15, -0.1) is 0 Å². The molecule has 0 atom stereocenters. The highest BCUT2D eigenvalue weighted by Crippen LogP contribution is 2.26. The van der Waals surface area contributed by atoms with Crippen LogP contribution in [0.5, 0.6) is 5.75 Å². The van der Waals surface area contributed by atoms with Crippen LogP contribution in [-0.4, -0.2) is 55.5 Å². The quantitative estimate of drug-likeness (QED) is 0.317. The number of methoxy groups -OCH3 is 1. The van der Waals surface area contributed by atoms with Crippen LogP contribution in [0, 0.1) is 0 Å². The van der Waals surface area contributed by atoms with E-state index in [1.807, 2.05) is 6.07 Å². The van der Waals surface area contributed by atoms with Crippen LogP contribution in [-0.2, 0) is 14.2 Å². The van der Waals surface area contributed by atoms with Crippen molar-refractivity contribution in [2.75, 3.05) is 46.8 Å². The molecule has 3 rings (SSSR count). The zero-order chi connectivity index (χ0) is 21.2. The van der Waals surface area contributed by atoms with Crippen molar-refractivity contribution in [3.63, 3.8) is 0 Å². The highest BCUT2D eigenvalue weighted by Gasteiger charge is 2.09. The summed E-state index contributed by atoms with van der Waals surface area (Å²) >= 11 is 0. The molecule has 1 radical (unpaired) electrons. The summed E-state index contributed by atoms with van der Waals surface area (Å²) in [6.45, 7) is 8.08.